The summed E-state index contributed by atoms with van der Waals surface area (Å²) in [4.78, 5) is 12.5. The number of hydrogen-bond acceptors (Lipinski definition) is 2. The van der Waals surface area contributed by atoms with Gasteiger partial charge in [-0.15, -0.1) is 0 Å². The molecule has 4 rings (SSSR count). The Labute approximate surface area is 135 Å². The first-order valence-electron chi connectivity index (χ1n) is 9.48. The van der Waals surface area contributed by atoms with Gasteiger partial charge < -0.3 is 5.11 Å². The highest BCUT2D eigenvalue weighted by atomic mass is 16.3. The molecule has 1 N–H and O–H groups in total. The van der Waals surface area contributed by atoms with Gasteiger partial charge in [0.15, 0.2) is 0 Å². The molecule has 0 saturated heterocycles. The Balaban J connectivity index is 1.71. The van der Waals surface area contributed by atoms with Gasteiger partial charge in [0, 0.05) is 18.4 Å². The van der Waals surface area contributed by atoms with E-state index in [1.807, 2.05) is 0 Å². The predicted molar refractivity (Wildman–Crippen MR) is 87.3 cm³/mol. The third kappa shape index (κ3) is 1.74. The fourth-order valence-electron chi connectivity index (χ4n) is 7.83. The average Bonchev–Trinajstić information content (AvgIpc) is 2.74. The van der Waals surface area contributed by atoms with Gasteiger partial charge in [-0.2, -0.15) is 0 Å². The minimum Gasteiger partial charge on any atom is -0.396 e. The summed E-state index contributed by atoms with van der Waals surface area (Å²) >= 11 is 0. The zero-order valence-corrected chi connectivity index (χ0v) is 14.5. The molecule has 0 aromatic carbocycles. The second kappa shape index (κ2) is 4.59. The first-order chi connectivity index (χ1) is 10.3. The van der Waals surface area contributed by atoms with Crippen LogP contribution in [0.2, 0.25) is 0 Å². The van der Waals surface area contributed by atoms with E-state index in [-0.39, 0.29) is 5.41 Å². The van der Waals surface area contributed by atoms with Crippen LogP contribution in [0.25, 0.3) is 0 Å². The molecule has 0 amide bonds. The molecule has 0 radical (unpaired) electrons. The molecule has 0 aliphatic heterocycles. The van der Waals surface area contributed by atoms with Gasteiger partial charge in [0.2, 0.25) is 0 Å². The van der Waals surface area contributed by atoms with E-state index in [4.69, 9.17) is 0 Å². The molecular formula is C20H32O2. The van der Waals surface area contributed by atoms with Crippen LogP contribution in [0.5, 0.6) is 0 Å². The summed E-state index contributed by atoms with van der Waals surface area (Å²) in [7, 11) is 0. The summed E-state index contributed by atoms with van der Waals surface area (Å²) < 4.78 is 0. The summed E-state index contributed by atoms with van der Waals surface area (Å²) in [6.45, 7) is 7.34. The molecule has 0 aromatic rings. The highest BCUT2D eigenvalue weighted by molar-refractivity contribution is 5.85. The van der Waals surface area contributed by atoms with Crippen LogP contribution in [0, 0.1) is 39.9 Å². The van der Waals surface area contributed by atoms with Gasteiger partial charge in [-0.25, -0.2) is 0 Å². The maximum atomic E-state index is 12.5. The topological polar surface area (TPSA) is 37.3 Å². The Morgan fingerprint density at radius 2 is 1.82 bits per heavy atom. The van der Waals surface area contributed by atoms with E-state index in [1.54, 1.807) is 0 Å². The molecule has 2 heteroatoms. The van der Waals surface area contributed by atoms with E-state index in [1.165, 1.54) is 38.5 Å². The Bertz CT molecular complexity index is 496. The molecule has 124 valence electrons. The van der Waals surface area contributed by atoms with Crippen molar-refractivity contribution in [3.05, 3.63) is 0 Å². The van der Waals surface area contributed by atoms with Crippen molar-refractivity contribution in [3.63, 3.8) is 0 Å². The summed E-state index contributed by atoms with van der Waals surface area (Å²) in [6.07, 6.45) is 9.72. The molecule has 22 heavy (non-hydrogen) atoms. The summed E-state index contributed by atoms with van der Waals surface area (Å²) in [5, 5.41) is 9.77. The fourth-order valence-corrected chi connectivity index (χ4v) is 7.83. The maximum absolute atomic E-state index is 12.5. The highest BCUT2D eigenvalue weighted by Gasteiger charge is 2.65. The molecule has 4 fully saturated rings. The Hall–Kier alpha value is -0.370. The van der Waals surface area contributed by atoms with E-state index in [0.29, 0.717) is 35.1 Å². The van der Waals surface area contributed by atoms with Crippen molar-refractivity contribution >= 4 is 5.78 Å². The quantitative estimate of drug-likeness (QED) is 0.788. The first-order valence-corrected chi connectivity index (χ1v) is 9.48. The summed E-state index contributed by atoms with van der Waals surface area (Å²) in [6, 6.07) is 0. The Kier molecular flexibility index (Phi) is 3.16. The fraction of sp³-hybridized carbons (Fsp3) is 0.950. The molecule has 1 spiro atoms. The van der Waals surface area contributed by atoms with Crippen molar-refractivity contribution < 1.29 is 9.90 Å². The Morgan fingerprint density at radius 3 is 2.55 bits per heavy atom. The number of carbonyl (C=O) groups is 1. The standard InChI is InChI=1S/C20H32O2/c1-18(2)15-6-9-20-10-13(14(11-20)12-21)4-5-16(20)19(15,3)8-7-17(18)22/h13-16,21H,4-12H2,1-3H3/t13-,14-,15?,16?,19+,20?/m0/s1. The third-order valence-electron chi connectivity index (χ3n) is 8.81. The summed E-state index contributed by atoms with van der Waals surface area (Å²) in [5.41, 5.74) is 0.726. The summed E-state index contributed by atoms with van der Waals surface area (Å²) in [5.74, 6) is 3.20. The molecule has 0 heterocycles. The van der Waals surface area contributed by atoms with Crippen LogP contribution in [-0.2, 0) is 4.79 Å². The number of aliphatic hydroxyl groups is 1. The van der Waals surface area contributed by atoms with Crippen LogP contribution in [0.15, 0.2) is 0 Å². The largest absolute Gasteiger partial charge is 0.396 e. The van der Waals surface area contributed by atoms with Crippen LogP contribution in [-0.4, -0.2) is 17.5 Å². The van der Waals surface area contributed by atoms with E-state index in [2.05, 4.69) is 20.8 Å². The molecule has 2 bridgehead atoms. The van der Waals surface area contributed by atoms with Crippen LogP contribution < -0.4 is 0 Å². The molecule has 6 atom stereocenters. The zero-order valence-electron chi connectivity index (χ0n) is 14.5. The van der Waals surface area contributed by atoms with E-state index in [0.717, 1.165) is 24.7 Å². The van der Waals surface area contributed by atoms with Gasteiger partial charge in [0.05, 0.1) is 0 Å². The minimum atomic E-state index is -0.125. The third-order valence-corrected chi connectivity index (χ3v) is 8.81. The molecule has 4 aliphatic rings. The van der Waals surface area contributed by atoms with Gasteiger partial charge in [-0.05, 0) is 79.4 Å². The minimum absolute atomic E-state index is 0.125. The molecule has 4 aliphatic carbocycles. The van der Waals surface area contributed by atoms with Crippen molar-refractivity contribution in [2.24, 2.45) is 39.9 Å². The smallest absolute Gasteiger partial charge is 0.138 e. The number of rotatable bonds is 1. The molecular weight excluding hydrogens is 272 g/mol. The lowest BCUT2D eigenvalue weighted by molar-refractivity contribution is -0.165. The lowest BCUT2D eigenvalue weighted by atomic mass is 9.41. The van der Waals surface area contributed by atoms with Crippen molar-refractivity contribution in [2.75, 3.05) is 6.61 Å². The Morgan fingerprint density at radius 1 is 1.05 bits per heavy atom. The normalized spacial score (nSPS) is 53.0. The highest BCUT2D eigenvalue weighted by Crippen LogP contribution is 2.71. The number of aliphatic hydroxyl groups excluding tert-OH is 1. The van der Waals surface area contributed by atoms with E-state index in [9.17, 15) is 9.90 Å². The monoisotopic (exact) mass is 304 g/mol. The lowest BCUT2D eigenvalue weighted by Crippen LogP contribution is -2.58. The number of fused-ring (bicyclic) bond motifs is 3. The van der Waals surface area contributed by atoms with E-state index >= 15 is 0 Å². The van der Waals surface area contributed by atoms with Crippen LogP contribution in [0.1, 0.15) is 72.1 Å². The van der Waals surface area contributed by atoms with Crippen molar-refractivity contribution in [1.29, 1.82) is 0 Å². The van der Waals surface area contributed by atoms with Gasteiger partial charge in [-0.3, -0.25) is 4.79 Å². The van der Waals surface area contributed by atoms with Crippen LogP contribution in [0.3, 0.4) is 0 Å². The maximum Gasteiger partial charge on any atom is 0.138 e. The SMILES string of the molecule is CC1(C)C(=O)CC[C@@]2(C)C3CC[C@H]4CC3(CCC12)C[C@H]4CO. The number of ketones is 1. The van der Waals surface area contributed by atoms with Crippen molar-refractivity contribution in [2.45, 2.75) is 72.1 Å². The second-order valence-corrected chi connectivity index (χ2v) is 9.85. The van der Waals surface area contributed by atoms with Gasteiger partial charge in [0.1, 0.15) is 5.78 Å². The zero-order chi connectivity index (χ0) is 15.8. The second-order valence-electron chi connectivity index (χ2n) is 9.85. The first kappa shape index (κ1) is 15.2. The van der Waals surface area contributed by atoms with Crippen molar-refractivity contribution in [3.8, 4) is 0 Å². The molecule has 3 unspecified atom stereocenters. The van der Waals surface area contributed by atoms with Crippen molar-refractivity contribution in [1.82, 2.24) is 0 Å². The molecule has 2 nitrogen and oxygen atoms in total. The van der Waals surface area contributed by atoms with Gasteiger partial charge in [-0.1, -0.05) is 20.8 Å². The number of Topliss-reactive ketones (excluding diaryl/α,β-unsaturated/α-hetero) is 1. The van der Waals surface area contributed by atoms with E-state index < -0.39 is 0 Å². The number of hydrogen-bond donors (Lipinski definition) is 1. The van der Waals surface area contributed by atoms with Crippen LogP contribution >= 0.6 is 0 Å². The average molecular weight is 304 g/mol. The number of carbonyl (C=O) groups excluding carboxylic acids is 1. The molecule has 0 aromatic heterocycles. The lowest BCUT2D eigenvalue weighted by Gasteiger charge is -2.63. The molecule has 4 saturated carbocycles. The van der Waals surface area contributed by atoms with Crippen LogP contribution in [0.4, 0.5) is 0 Å². The predicted octanol–water partition coefficient (Wildman–Crippen LogP) is 4.21. The van der Waals surface area contributed by atoms with Gasteiger partial charge >= 0.3 is 0 Å². The van der Waals surface area contributed by atoms with Gasteiger partial charge in [0.25, 0.3) is 0 Å².